The maximum atomic E-state index is 14.0. The summed E-state index contributed by atoms with van der Waals surface area (Å²) in [5.74, 6) is -0.129. The fraction of sp³-hybridized carbons (Fsp3) is 0.588. The SMILES string of the molecule is CCN(CC)C1(C(=O)Cc2ccc(Br)cc2F)CCCC1. The van der Waals surface area contributed by atoms with Gasteiger partial charge in [-0.2, -0.15) is 0 Å². The Labute approximate surface area is 134 Å². The van der Waals surface area contributed by atoms with Crippen molar-refractivity contribution in [1.29, 1.82) is 0 Å². The molecule has 1 aromatic rings. The van der Waals surface area contributed by atoms with Crippen LogP contribution in [0.2, 0.25) is 0 Å². The zero-order chi connectivity index (χ0) is 15.5. The van der Waals surface area contributed by atoms with Crippen molar-refractivity contribution in [3.8, 4) is 0 Å². The summed E-state index contributed by atoms with van der Waals surface area (Å²) in [6.45, 7) is 5.92. The molecule has 1 aliphatic rings. The summed E-state index contributed by atoms with van der Waals surface area (Å²) in [6.07, 6.45) is 4.18. The lowest BCUT2D eigenvalue weighted by molar-refractivity contribution is -0.130. The highest BCUT2D eigenvalue weighted by atomic mass is 79.9. The lowest BCUT2D eigenvalue weighted by atomic mass is 9.86. The highest BCUT2D eigenvalue weighted by molar-refractivity contribution is 9.10. The Hall–Kier alpha value is -0.740. The molecular formula is C17H23BrFNO. The number of carbonyl (C=O) groups is 1. The summed E-state index contributed by atoms with van der Waals surface area (Å²) in [7, 11) is 0. The van der Waals surface area contributed by atoms with E-state index in [0.29, 0.717) is 10.0 Å². The van der Waals surface area contributed by atoms with Gasteiger partial charge in [-0.15, -0.1) is 0 Å². The van der Waals surface area contributed by atoms with Crippen molar-refractivity contribution in [2.24, 2.45) is 0 Å². The number of benzene rings is 1. The molecule has 0 spiro atoms. The highest BCUT2D eigenvalue weighted by Crippen LogP contribution is 2.37. The topological polar surface area (TPSA) is 20.3 Å². The van der Waals surface area contributed by atoms with Crippen molar-refractivity contribution in [1.82, 2.24) is 4.90 Å². The number of halogens is 2. The molecule has 0 amide bonds. The molecule has 0 aliphatic heterocycles. The van der Waals surface area contributed by atoms with Crippen molar-refractivity contribution in [2.75, 3.05) is 13.1 Å². The molecule has 4 heteroatoms. The fourth-order valence-electron chi connectivity index (χ4n) is 3.56. The van der Waals surface area contributed by atoms with Crippen LogP contribution >= 0.6 is 15.9 Å². The zero-order valence-electron chi connectivity index (χ0n) is 12.8. The van der Waals surface area contributed by atoms with Gasteiger partial charge in [0.05, 0.1) is 5.54 Å². The van der Waals surface area contributed by atoms with Crippen molar-refractivity contribution in [3.05, 3.63) is 34.1 Å². The summed E-state index contributed by atoms with van der Waals surface area (Å²) in [5.41, 5.74) is 0.129. The van der Waals surface area contributed by atoms with Gasteiger partial charge >= 0.3 is 0 Å². The minimum atomic E-state index is -0.372. The van der Waals surface area contributed by atoms with E-state index in [4.69, 9.17) is 0 Å². The summed E-state index contributed by atoms with van der Waals surface area (Å²) in [6, 6.07) is 4.94. The van der Waals surface area contributed by atoms with E-state index in [-0.39, 0.29) is 23.6 Å². The van der Waals surface area contributed by atoms with Crippen LogP contribution in [0.1, 0.15) is 45.1 Å². The van der Waals surface area contributed by atoms with Gasteiger partial charge in [0.25, 0.3) is 0 Å². The van der Waals surface area contributed by atoms with E-state index in [1.807, 2.05) is 0 Å². The Morgan fingerprint density at radius 2 is 1.90 bits per heavy atom. The minimum Gasteiger partial charge on any atom is -0.297 e. The van der Waals surface area contributed by atoms with Crippen LogP contribution < -0.4 is 0 Å². The first-order valence-corrected chi connectivity index (χ1v) is 8.55. The van der Waals surface area contributed by atoms with Crippen LogP contribution in [0.25, 0.3) is 0 Å². The molecule has 0 radical (unpaired) electrons. The molecule has 2 rings (SSSR count). The lowest BCUT2D eigenvalue weighted by Gasteiger charge is -2.39. The van der Waals surface area contributed by atoms with Gasteiger partial charge < -0.3 is 0 Å². The number of ketones is 1. The van der Waals surface area contributed by atoms with E-state index in [2.05, 4.69) is 34.7 Å². The van der Waals surface area contributed by atoms with Gasteiger partial charge in [0.2, 0.25) is 0 Å². The highest BCUT2D eigenvalue weighted by Gasteiger charge is 2.44. The number of nitrogens with zero attached hydrogens (tertiary/aromatic N) is 1. The summed E-state index contributed by atoms with van der Waals surface area (Å²) >= 11 is 3.25. The zero-order valence-corrected chi connectivity index (χ0v) is 14.4. The number of rotatable bonds is 6. The standard InChI is InChI=1S/C17H23BrFNO/c1-3-20(4-2)17(9-5-6-10-17)16(21)11-13-7-8-14(18)12-15(13)19/h7-8,12H,3-6,9-11H2,1-2H3. The third kappa shape index (κ3) is 3.37. The molecule has 21 heavy (non-hydrogen) atoms. The minimum absolute atomic E-state index is 0.171. The normalized spacial score (nSPS) is 17.4. The van der Waals surface area contributed by atoms with E-state index in [0.717, 1.165) is 38.8 Å². The van der Waals surface area contributed by atoms with Crippen molar-refractivity contribution in [2.45, 2.75) is 51.5 Å². The van der Waals surface area contributed by atoms with Crippen molar-refractivity contribution in [3.63, 3.8) is 0 Å². The van der Waals surface area contributed by atoms with Crippen LogP contribution in [0.15, 0.2) is 22.7 Å². The van der Waals surface area contributed by atoms with Crippen molar-refractivity contribution < 1.29 is 9.18 Å². The molecular weight excluding hydrogens is 333 g/mol. The molecule has 1 fully saturated rings. The van der Waals surface area contributed by atoms with E-state index < -0.39 is 0 Å². The molecule has 1 saturated carbocycles. The number of hydrogen-bond donors (Lipinski definition) is 0. The molecule has 0 aromatic heterocycles. The Morgan fingerprint density at radius 1 is 1.29 bits per heavy atom. The Balaban J connectivity index is 2.23. The van der Waals surface area contributed by atoms with Crippen LogP contribution in [0.4, 0.5) is 4.39 Å². The Morgan fingerprint density at radius 3 is 2.43 bits per heavy atom. The van der Waals surface area contributed by atoms with Gasteiger partial charge in [-0.3, -0.25) is 9.69 Å². The predicted octanol–water partition coefficient (Wildman–Crippen LogP) is 4.35. The first kappa shape index (κ1) is 16.6. The third-order valence-electron chi connectivity index (χ3n) is 4.68. The maximum Gasteiger partial charge on any atom is 0.157 e. The second kappa shape index (κ2) is 7.01. The molecule has 0 N–H and O–H groups in total. The van der Waals surface area contributed by atoms with Crippen LogP contribution in [-0.2, 0) is 11.2 Å². The average Bonchev–Trinajstić information content (AvgIpc) is 2.94. The number of Topliss-reactive ketones (excluding diaryl/α,β-unsaturated/α-hetero) is 1. The second-order valence-electron chi connectivity index (χ2n) is 5.75. The summed E-state index contributed by atoms with van der Waals surface area (Å²) < 4.78 is 14.7. The predicted molar refractivity (Wildman–Crippen MR) is 86.9 cm³/mol. The molecule has 0 atom stereocenters. The van der Waals surface area contributed by atoms with E-state index in [1.165, 1.54) is 6.07 Å². The molecule has 116 valence electrons. The van der Waals surface area contributed by atoms with E-state index in [9.17, 15) is 9.18 Å². The van der Waals surface area contributed by atoms with Crippen molar-refractivity contribution >= 4 is 21.7 Å². The van der Waals surface area contributed by atoms with Crippen LogP contribution in [0.5, 0.6) is 0 Å². The van der Waals surface area contributed by atoms with Gasteiger partial charge in [-0.25, -0.2) is 4.39 Å². The fourth-order valence-corrected chi connectivity index (χ4v) is 3.90. The van der Waals surface area contributed by atoms with Gasteiger partial charge in [-0.1, -0.05) is 48.7 Å². The Kier molecular flexibility index (Phi) is 5.55. The average molecular weight is 356 g/mol. The first-order valence-electron chi connectivity index (χ1n) is 7.75. The third-order valence-corrected chi connectivity index (χ3v) is 5.18. The first-order chi connectivity index (χ1) is 10.0. The van der Waals surface area contributed by atoms with E-state index in [1.54, 1.807) is 12.1 Å². The van der Waals surface area contributed by atoms with Crippen LogP contribution in [-0.4, -0.2) is 29.3 Å². The van der Waals surface area contributed by atoms with Gasteiger partial charge in [0, 0.05) is 10.9 Å². The maximum absolute atomic E-state index is 14.0. The van der Waals surface area contributed by atoms with E-state index >= 15 is 0 Å². The van der Waals surface area contributed by atoms with Crippen LogP contribution in [0.3, 0.4) is 0 Å². The monoisotopic (exact) mass is 355 g/mol. The smallest absolute Gasteiger partial charge is 0.157 e. The number of hydrogen-bond acceptors (Lipinski definition) is 2. The van der Waals surface area contributed by atoms with Gasteiger partial charge in [0.15, 0.2) is 5.78 Å². The molecule has 1 aromatic carbocycles. The molecule has 2 nitrogen and oxygen atoms in total. The molecule has 0 heterocycles. The van der Waals surface area contributed by atoms with Gasteiger partial charge in [0.1, 0.15) is 5.82 Å². The molecule has 0 unspecified atom stereocenters. The molecule has 0 saturated heterocycles. The Bertz CT molecular complexity index is 508. The molecule has 0 bridgehead atoms. The number of likely N-dealkylation sites (N-methyl/N-ethyl adjacent to an activating group) is 1. The lowest BCUT2D eigenvalue weighted by Crippen LogP contribution is -2.53. The molecule has 1 aliphatic carbocycles. The van der Waals surface area contributed by atoms with Crippen LogP contribution in [0, 0.1) is 5.82 Å². The largest absolute Gasteiger partial charge is 0.297 e. The second-order valence-corrected chi connectivity index (χ2v) is 6.66. The number of carbonyl (C=O) groups excluding carboxylic acids is 1. The van der Waals surface area contributed by atoms with Gasteiger partial charge in [-0.05, 0) is 43.6 Å². The summed E-state index contributed by atoms with van der Waals surface area (Å²) in [4.78, 5) is 15.2. The summed E-state index contributed by atoms with van der Waals surface area (Å²) in [5, 5.41) is 0. The quantitative estimate of drug-likeness (QED) is 0.755.